The fourth-order valence-corrected chi connectivity index (χ4v) is 6.86. The van der Waals surface area contributed by atoms with Gasteiger partial charge in [-0.15, -0.1) is 11.3 Å². The largest absolute Gasteiger partial charge is 0.370 e. The molecule has 46 heavy (non-hydrogen) atoms. The minimum atomic E-state index is -0.886. The molecule has 5 rings (SSSR count). The quantitative estimate of drug-likeness (QED) is 0.145. The number of hydrogen-bond acceptors (Lipinski definition) is 8. The van der Waals surface area contributed by atoms with E-state index < -0.39 is 18.0 Å². The van der Waals surface area contributed by atoms with Gasteiger partial charge in [-0.1, -0.05) is 36.4 Å². The van der Waals surface area contributed by atoms with Crippen molar-refractivity contribution in [3.05, 3.63) is 82.6 Å². The number of ketones is 1. The Balaban J connectivity index is 1.29. The van der Waals surface area contributed by atoms with Crippen LogP contribution in [0.3, 0.4) is 0 Å². The predicted octanol–water partition coefficient (Wildman–Crippen LogP) is 2.12. The Morgan fingerprint density at radius 1 is 1.11 bits per heavy atom. The third-order valence-electron chi connectivity index (χ3n) is 8.55. The first kappa shape index (κ1) is 32.7. The number of nitrogens with two attached hydrogens (primary N) is 1. The van der Waals surface area contributed by atoms with Crippen molar-refractivity contribution in [3.63, 3.8) is 0 Å². The van der Waals surface area contributed by atoms with Crippen molar-refractivity contribution >= 4 is 40.8 Å². The molecule has 1 aromatic carbocycles. The lowest BCUT2D eigenvalue weighted by Crippen LogP contribution is -2.62. The average molecular weight is 645 g/mol. The number of nitrogens with one attached hydrogen (secondary N) is 2. The van der Waals surface area contributed by atoms with Crippen LogP contribution in [-0.4, -0.2) is 98.9 Å². The van der Waals surface area contributed by atoms with Crippen LogP contribution in [0.25, 0.3) is 0 Å². The molecule has 0 saturated carbocycles. The van der Waals surface area contributed by atoms with Gasteiger partial charge in [-0.05, 0) is 55.2 Å². The van der Waals surface area contributed by atoms with Gasteiger partial charge in [-0.3, -0.25) is 29.6 Å². The Morgan fingerprint density at radius 2 is 1.91 bits per heavy atom. The zero-order chi connectivity index (χ0) is 32.5. The second kappa shape index (κ2) is 15.6. The number of likely N-dealkylation sites (tertiary alicyclic amines) is 1. The number of piperazine rings is 1. The Morgan fingerprint density at radius 3 is 2.63 bits per heavy atom. The van der Waals surface area contributed by atoms with Gasteiger partial charge in [-0.2, -0.15) is 0 Å². The monoisotopic (exact) mass is 644 g/mol. The van der Waals surface area contributed by atoms with Crippen molar-refractivity contribution in [2.75, 3.05) is 32.7 Å². The maximum atomic E-state index is 13.8. The predicted molar refractivity (Wildman–Crippen MR) is 174 cm³/mol. The maximum Gasteiger partial charge on any atom is 0.246 e. The van der Waals surface area contributed by atoms with Gasteiger partial charge in [0, 0.05) is 50.0 Å². The third-order valence-corrected chi connectivity index (χ3v) is 9.33. The average Bonchev–Trinajstić information content (AvgIpc) is 3.61. The number of aromatic nitrogens is 2. The number of amides is 3. The second-order valence-electron chi connectivity index (χ2n) is 11.8. The topological polar surface area (TPSA) is 166 Å². The van der Waals surface area contributed by atoms with Gasteiger partial charge in [0.05, 0.1) is 12.6 Å². The Hall–Kier alpha value is -4.65. The highest BCUT2D eigenvalue weighted by Gasteiger charge is 2.40. The van der Waals surface area contributed by atoms with E-state index in [4.69, 9.17) is 11.1 Å². The maximum absolute atomic E-state index is 13.8. The molecule has 2 aliphatic rings. The zero-order valence-electron chi connectivity index (χ0n) is 25.7. The number of carbonyl (C=O) groups is 4. The molecule has 0 unspecified atom stereocenters. The van der Waals surface area contributed by atoms with Crippen LogP contribution in [0.4, 0.5) is 0 Å². The molecule has 2 aliphatic heterocycles. The lowest BCUT2D eigenvalue weighted by Gasteiger charge is -2.40. The number of nitrogens with zero attached hydrogens (tertiary/aromatic N) is 5. The number of Topliss-reactive ketones (excluding diaryl/α,β-unsaturated/α-hetero) is 1. The first-order valence-corrected chi connectivity index (χ1v) is 16.5. The number of carbonyl (C=O) groups excluding carboxylic acids is 4. The van der Waals surface area contributed by atoms with E-state index in [1.165, 1.54) is 16.2 Å². The summed E-state index contributed by atoms with van der Waals surface area (Å²) in [7, 11) is 0. The SMILES string of the molecule is N=C(N)N1CCC[C@@H](C[C@H](NC(=O)CN2C(=O)CN(CCCc3ccccc3)C(=O)[C@@H]2Cc2cccnc2)C(=O)c2nccs2)C1. The first-order chi connectivity index (χ1) is 22.3. The highest BCUT2D eigenvalue weighted by Crippen LogP contribution is 2.23. The van der Waals surface area contributed by atoms with E-state index in [9.17, 15) is 19.2 Å². The van der Waals surface area contributed by atoms with Crippen molar-refractivity contribution in [1.82, 2.24) is 30.0 Å². The van der Waals surface area contributed by atoms with E-state index in [0.29, 0.717) is 32.5 Å². The van der Waals surface area contributed by atoms with Gasteiger partial charge in [0.15, 0.2) is 11.0 Å². The molecule has 0 spiro atoms. The van der Waals surface area contributed by atoms with Gasteiger partial charge in [-0.25, -0.2) is 4.98 Å². The van der Waals surface area contributed by atoms with Crippen molar-refractivity contribution in [2.24, 2.45) is 11.7 Å². The van der Waals surface area contributed by atoms with Crippen LogP contribution in [0.1, 0.15) is 46.6 Å². The molecule has 13 heteroatoms. The Kier molecular flexibility index (Phi) is 11.1. The highest BCUT2D eigenvalue weighted by atomic mass is 32.1. The zero-order valence-corrected chi connectivity index (χ0v) is 26.5. The summed E-state index contributed by atoms with van der Waals surface area (Å²) >= 11 is 1.20. The number of aryl methyl sites for hydroxylation is 1. The van der Waals surface area contributed by atoms with Crippen LogP contribution in [0.2, 0.25) is 0 Å². The van der Waals surface area contributed by atoms with Crippen molar-refractivity contribution < 1.29 is 19.2 Å². The van der Waals surface area contributed by atoms with Gasteiger partial charge >= 0.3 is 0 Å². The number of benzene rings is 1. The summed E-state index contributed by atoms with van der Waals surface area (Å²) in [5.41, 5.74) is 7.66. The van der Waals surface area contributed by atoms with Crippen molar-refractivity contribution in [3.8, 4) is 0 Å². The molecule has 0 radical (unpaired) electrons. The van der Waals surface area contributed by atoms with Crippen LogP contribution in [0, 0.1) is 11.3 Å². The van der Waals surface area contributed by atoms with E-state index in [1.54, 1.807) is 39.8 Å². The molecular formula is C33H40N8O4S. The molecule has 4 heterocycles. The first-order valence-electron chi connectivity index (χ1n) is 15.6. The van der Waals surface area contributed by atoms with Gasteiger partial charge < -0.3 is 25.8 Å². The molecule has 4 N–H and O–H groups in total. The molecule has 12 nitrogen and oxygen atoms in total. The lowest BCUT2D eigenvalue weighted by molar-refractivity contribution is -0.157. The van der Waals surface area contributed by atoms with Crippen molar-refractivity contribution in [2.45, 2.75) is 50.6 Å². The highest BCUT2D eigenvalue weighted by molar-refractivity contribution is 7.11. The van der Waals surface area contributed by atoms with Crippen LogP contribution in [0.5, 0.6) is 0 Å². The Bertz CT molecular complexity index is 1500. The standard InChI is InChI=1S/C33H40N8O4S/c34-33(35)40-15-6-11-25(20-40)17-26(30(44)31-37-13-16-46-31)38-28(42)21-41-27(18-24-9-4-12-36-19-24)32(45)39(22-29(41)43)14-5-10-23-7-2-1-3-8-23/h1-4,7-9,12-13,16,19,25-27H,5-6,10-11,14-15,17-18,20-22H2,(H3,34,35)(H,38,42)/t25-,26-,27-/m0/s1. The molecule has 3 atom stereocenters. The van der Waals surface area contributed by atoms with E-state index in [2.05, 4.69) is 15.3 Å². The molecule has 2 saturated heterocycles. The van der Waals surface area contributed by atoms with Gasteiger partial charge in [0.25, 0.3) is 0 Å². The number of pyridine rings is 1. The minimum Gasteiger partial charge on any atom is -0.370 e. The molecule has 0 aliphatic carbocycles. The minimum absolute atomic E-state index is 0.0152. The third kappa shape index (κ3) is 8.53. The summed E-state index contributed by atoms with van der Waals surface area (Å²) in [6.45, 7) is 1.13. The summed E-state index contributed by atoms with van der Waals surface area (Å²) in [4.78, 5) is 67.5. The van der Waals surface area contributed by atoms with Crippen LogP contribution < -0.4 is 11.1 Å². The molecule has 2 fully saturated rings. The van der Waals surface area contributed by atoms with Gasteiger partial charge in [0.1, 0.15) is 12.6 Å². The fraction of sp³-hybridized carbons (Fsp3) is 0.424. The number of rotatable bonds is 13. The summed E-state index contributed by atoms with van der Waals surface area (Å²) in [6.07, 6.45) is 8.51. The molecule has 3 amide bonds. The number of hydrogen-bond donors (Lipinski definition) is 3. The van der Waals surface area contributed by atoms with Crippen LogP contribution >= 0.6 is 11.3 Å². The number of guanidine groups is 1. The van der Waals surface area contributed by atoms with E-state index >= 15 is 0 Å². The van der Waals surface area contributed by atoms with Crippen LogP contribution in [-0.2, 0) is 27.2 Å². The van der Waals surface area contributed by atoms with E-state index in [1.807, 2.05) is 36.4 Å². The van der Waals surface area contributed by atoms with Gasteiger partial charge in [0.2, 0.25) is 23.5 Å². The molecule has 3 aromatic rings. The normalized spacial score (nSPS) is 19.2. The molecule has 242 valence electrons. The number of thiazole rings is 1. The Labute approximate surface area is 272 Å². The summed E-state index contributed by atoms with van der Waals surface area (Å²) < 4.78 is 0. The number of piperidine rings is 1. The summed E-state index contributed by atoms with van der Waals surface area (Å²) in [5, 5.41) is 12.7. The van der Waals surface area contributed by atoms with Crippen molar-refractivity contribution in [1.29, 1.82) is 5.41 Å². The second-order valence-corrected chi connectivity index (χ2v) is 12.7. The van der Waals surface area contributed by atoms with E-state index in [-0.39, 0.29) is 54.0 Å². The summed E-state index contributed by atoms with van der Waals surface area (Å²) in [5.74, 6) is -1.36. The lowest BCUT2D eigenvalue weighted by atomic mass is 9.90. The fourth-order valence-electron chi connectivity index (χ4n) is 6.23. The molecule has 2 aromatic heterocycles. The molecular weight excluding hydrogens is 604 g/mol. The van der Waals surface area contributed by atoms with Crippen LogP contribution in [0.15, 0.2) is 66.4 Å². The van der Waals surface area contributed by atoms with E-state index in [0.717, 1.165) is 30.4 Å². The smallest absolute Gasteiger partial charge is 0.246 e. The summed E-state index contributed by atoms with van der Waals surface area (Å²) in [6, 6.07) is 11.8. The molecule has 0 bridgehead atoms.